The number of guanidine groups is 1. The van der Waals surface area contributed by atoms with Gasteiger partial charge in [-0.05, 0) is 38.1 Å². The molecule has 3 N–H and O–H groups in total. The van der Waals surface area contributed by atoms with E-state index in [-0.39, 0.29) is 48.1 Å². The van der Waals surface area contributed by atoms with Gasteiger partial charge in [0, 0.05) is 37.9 Å². The van der Waals surface area contributed by atoms with E-state index in [9.17, 15) is 12.8 Å². The highest BCUT2D eigenvalue weighted by Gasteiger charge is 2.19. The molecule has 148 valence electrons. The van der Waals surface area contributed by atoms with Crippen LogP contribution in [0.15, 0.2) is 29.3 Å². The fourth-order valence-electron chi connectivity index (χ4n) is 2.64. The molecular formula is C16H27FIN5O2S. The topological polar surface area (TPSA) is 91.0 Å². The van der Waals surface area contributed by atoms with E-state index in [0.717, 1.165) is 18.8 Å². The van der Waals surface area contributed by atoms with Gasteiger partial charge in [-0.3, -0.25) is 4.99 Å². The summed E-state index contributed by atoms with van der Waals surface area (Å²) >= 11 is 0. The highest BCUT2D eigenvalue weighted by atomic mass is 127. The van der Waals surface area contributed by atoms with Crippen molar-refractivity contribution in [2.75, 3.05) is 43.4 Å². The Hall–Kier alpha value is -1.14. The van der Waals surface area contributed by atoms with E-state index in [2.05, 4.69) is 14.6 Å². The Morgan fingerprint density at radius 3 is 2.35 bits per heavy atom. The van der Waals surface area contributed by atoms with Crippen molar-refractivity contribution in [3.05, 3.63) is 30.1 Å². The second kappa shape index (κ2) is 10.3. The fraction of sp³-hybridized carbons (Fsp3) is 0.562. The van der Waals surface area contributed by atoms with Crippen molar-refractivity contribution >= 4 is 45.6 Å². The molecule has 26 heavy (non-hydrogen) atoms. The maximum Gasteiger partial charge on any atom is 0.213 e. The molecule has 10 heteroatoms. The monoisotopic (exact) mass is 499 g/mol. The number of benzene rings is 1. The van der Waals surface area contributed by atoms with Crippen LogP contribution in [0, 0.1) is 5.82 Å². The number of nitrogens with zero attached hydrogens (tertiary/aromatic N) is 3. The summed E-state index contributed by atoms with van der Waals surface area (Å²) in [4.78, 5) is 8.27. The molecule has 1 aromatic carbocycles. The van der Waals surface area contributed by atoms with Crippen molar-refractivity contribution in [2.24, 2.45) is 10.7 Å². The Balaban J connectivity index is 0.00000338. The van der Waals surface area contributed by atoms with Gasteiger partial charge in [-0.1, -0.05) is 0 Å². The summed E-state index contributed by atoms with van der Waals surface area (Å²) in [7, 11) is -3.33. The molecule has 0 aromatic heterocycles. The third-order valence-electron chi connectivity index (χ3n) is 3.84. The quantitative estimate of drug-likeness (QED) is 0.349. The molecule has 1 aliphatic rings. The molecule has 0 bridgehead atoms. The predicted molar refractivity (Wildman–Crippen MR) is 114 cm³/mol. The lowest BCUT2D eigenvalue weighted by Crippen LogP contribution is -2.51. The number of piperazine rings is 1. The smallest absolute Gasteiger partial charge is 0.213 e. The minimum absolute atomic E-state index is 0. The Bertz CT molecular complexity index is 689. The number of nitrogens with one attached hydrogen (secondary N) is 1. The van der Waals surface area contributed by atoms with Gasteiger partial charge < -0.3 is 15.5 Å². The summed E-state index contributed by atoms with van der Waals surface area (Å²) in [6.45, 7) is 6.54. The third-order valence-corrected chi connectivity index (χ3v) is 5.40. The highest BCUT2D eigenvalue weighted by Crippen LogP contribution is 2.16. The van der Waals surface area contributed by atoms with Crippen LogP contribution >= 0.6 is 24.0 Å². The van der Waals surface area contributed by atoms with Gasteiger partial charge in [0.25, 0.3) is 0 Å². The molecule has 1 aromatic rings. The number of sulfonamides is 1. The van der Waals surface area contributed by atoms with Gasteiger partial charge in [-0.25, -0.2) is 17.5 Å². The molecule has 1 fully saturated rings. The molecule has 0 saturated carbocycles. The van der Waals surface area contributed by atoms with Crippen LogP contribution in [0.4, 0.5) is 10.1 Å². The molecule has 0 atom stereocenters. The van der Waals surface area contributed by atoms with E-state index in [1.54, 1.807) is 26.0 Å². The number of nitrogens with two attached hydrogens (primary N) is 1. The van der Waals surface area contributed by atoms with Crippen molar-refractivity contribution in [3.63, 3.8) is 0 Å². The van der Waals surface area contributed by atoms with Gasteiger partial charge in [0.05, 0.1) is 12.3 Å². The molecule has 0 radical (unpaired) electrons. The van der Waals surface area contributed by atoms with Crippen molar-refractivity contribution < 1.29 is 12.8 Å². The van der Waals surface area contributed by atoms with Crippen molar-refractivity contribution in [1.82, 2.24) is 9.62 Å². The summed E-state index contributed by atoms with van der Waals surface area (Å²) in [6.07, 6.45) is 0. The first kappa shape index (κ1) is 22.9. The van der Waals surface area contributed by atoms with E-state index >= 15 is 0 Å². The average Bonchev–Trinajstić information content (AvgIpc) is 2.54. The lowest BCUT2D eigenvalue weighted by atomic mass is 10.2. The number of hydrogen-bond donors (Lipinski definition) is 2. The van der Waals surface area contributed by atoms with Gasteiger partial charge in [0.15, 0.2) is 5.96 Å². The summed E-state index contributed by atoms with van der Waals surface area (Å²) < 4.78 is 39.0. The molecule has 1 heterocycles. The second-order valence-electron chi connectivity index (χ2n) is 6.28. The standard InChI is InChI=1S/C16H26FN5O2S.HI/c1-13(2)20-25(23,24)12-7-19-16(18)22-10-8-21(9-11-22)15-5-3-14(17)4-6-15;/h3-6,13,20H,7-12H2,1-2H3,(H2,18,19);1H. The summed E-state index contributed by atoms with van der Waals surface area (Å²) in [5, 5.41) is 0. The molecule has 0 aliphatic carbocycles. The minimum atomic E-state index is -3.33. The van der Waals surface area contributed by atoms with Crippen LogP contribution in [0.3, 0.4) is 0 Å². The maximum absolute atomic E-state index is 13.0. The van der Waals surface area contributed by atoms with Crippen LogP contribution in [-0.4, -0.2) is 63.8 Å². The van der Waals surface area contributed by atoms with Crippen LogP contribution in [0.25, 0.3) is 0 Å². The lowest BCUT2D eigenvalue weighted by Gasteiger charge is -2.36. The zero-order valence-corrected chi connectivity index (χ0v) is 18.2. The van der Waals surface area contributed by atoms with E-state index in [4.69, 9.17) is 5.73 Å². The lowest BCUT2D eigenvalue weighted by molar-refractivity contribution is 0.381. The molecule has 1 aliphatic heterocycles. The van der Waals surface area contributed by atoms with Gasteiger partial charge >= 0.3 is 0 Å². The van der Waals surface area contributed by atoms with E-state index in [0.29, 0.717) is 19.0 Å². The van der Waals surface area contributed by atoms with Gasteiger partial charge in [-0.2, -0.15) is 0 Å². The van der Waals surface area contributed by atoms with Crippen molar-refractivity contribution in [2.45, 2.75) is 19.9 Å². The van der Waals surface area contributed by atoms with Crippen LogP contribution < -0.4 is 15.4 Å². The molecule has 1 saturated heterocycles. The SMILES string of the molecule is CC(C)NS(=O)(=O)CCN=C(N)N1CCN(c2ccc(F)cc2)CC1.I. The number of halogens is 2. The van der Waals surface area contributed by atoms with Crippen LogP contribution in [0.2, 0.25) is 0 Å². The van der Waals surface area contributed by atoms with Crippen molar-refractivity contribution in [1.29, 1.82) is 0 Å². The van der Waals surface area contributed by atoms with Gasteiger partial charge in [0.1, 0.15) is 5.82 Å². The third kappa shape index (κ3) is 7.23. The fourth-order valence-corrected chi connectivity index (χ4v) is 3.81. The van der Waals surface area contributed by atoms with E-state index in [1.165, 1.54) is 12.1 Å². The van der Waals surface area contributed by atoms with E-state index in [1.807, 2.05) is 4.90 Å². The molecular weight excluding hydrogens is 472 g/mol. The molecule has 0 amide bonds. The largest absolute Gasteiger partial charge is 0.370 e. The summed E-state index contributed by atoms with van der Waals surface area (Å²) in [5.41, 5.74) is 6.95. The van der Waals surface area contributed by atoms with Gasteiger partial charge in [0.2, 0.25) is 10.0 Å². The first-order valence-corrected chi connectivity index (χ1v) is 9.97. The zero-order chi connectivity index (χ0) is 18.4. The van der Waals surface area contributed by atoms with E-state index < -0.39 is 10.0 Å². The normalized spacial score (nSPS) is 15.9. The van der Waals surface area contributed by atoms with Gasteiger partial charge in [-0.15, -0.1) is 24.0 Å². The number of rotatable bonds is 6. The molecule has 0 unspecified atom stereocenters. The van der Waals surface area contributed by atoms with Crippen molar-refractivity contribution in [3.8, 4) is 0 Å². The number of anilines is 1. The van der Waals surface area contributed by atoms with Crippen LogP contribution in [0.5, 0.6) is 0 Å². The number of hydrogen-bond acceptors (Lipinski definition) is 4. The second-order valence-corrected chi connectivity index (χ2v) is 8.16. The molecule has 2 rings (SSSR count). The molecule has 7 nitrogen and oxygen atoms in total. The Morgan fingerprint density at radius 1 is 1.23 bits per heavy atom. The summed E-state index contributed by atoms with van der Waals surface area (Å²) in [6, 6.07) is 6.28. The maximum atomic E-state index is 13.0. The minimum Gasteiger partial charge on any atom is -0.370 e. The van der Waals surface area contributed by atoms with Crippen LogP contribution in [0.1, 0.15) is 13.8 Å². The highest BCUT2D eigenvalue weighted by molar-refractivity contribution is 14.0. The first-order chi connectivity index (χ1) is 11.8. The predicted octanol–water partition coefficient (Wildman–Crippen LogP) is 1.21. The summed E-state index contributed by atoms with van der Waals surface area (Å²) in [5.74, 6) is 0.0284. The Kier molecular flexibility index (Phi) is 9.04. The van der Waals surface area contributed by atoms with Crippen LogP contribution in [-0.2, 0) is 10.0 Å². The average molecular weight is 499 g/mol. The first-order valence-electron chi connectivity index (χ1n) is 8.32. The Morgan fingerprint density at radius 2 is 1.81 bits per heavy atom. The number of aliphatic imine (C=N–C) groups is 1. The Labute approximate surface area is 171 Å². The zero-order valence-electron chi connectivity index (χ0n) is 15.1. The molecule has 0 spiro atoms.